The van der Waals surface area contributed by atoms with Crippen molar-refractivity contribution in [2.75, 3.05) is 7.05 Å². The van der Waals surface area contributed by atoms with Gasteiger partial charge in [0, 0.05) is 36.3 Å². The number of nitrogens with zero attached hydrogens (tertiary/aromatic N) is 3. The van der Waals surface area contributed by atoms with Crippen LogP contribution in [0.25, 0.3) is 32.0 Å². The average molecular weight is 444 g/mol. The van der Waals surface area contributed by atoms with E-state index in [1.807, 2.05) is 0 Å². The maximum atomic E-state index is 15.3. The minimum atomic E-state index is -0.819. The predicted molar refractivity (Wildman–Crippen MR) is 125 cm³/mol. The van der Waals surface area contributed by atoms with E-state index in [1.165, 1.54) is 19.2 Å². The van der Waals surface area contributed by atoms with Crippen LogP contribution in [-0.4, -0.2) is 23.0 Å². The van der Waals surface area contributed by atoms with Crippen LogP contribution in [0.3, 0.4) is 0 Å². The van der Waals surface area contributed by atoms with E-state index >= 15 is 8.78 Å². The highest BCUT2D eigenvalue weighted by Gasteiger charge is 2.23. The lowest BCUT2D eigenvalue weighted by atomic mass is 9.91. The van der Waals surface area contributed by atoms with E-state index in [9.17, 15) is 4.79 Å². The fourth-order valence-electron chi connectivity index (χ4n) is 3.93. The van der Waals surface area contributed by atoms with Crippen molar-refractivity contribution in [1.82, 2.24) is 10.2 Å². The van der Waals surface area contributed by atoms with Crippen LogP contribution in [0.2, 0.25) is 0 Å². The number of halogens is 2. The van der Waals surface area contributed by atoms with Gasteiger partial charge in [0.05, 0.1) is 23.4 Å². The highest BCUT2D eigenvalue weighted by Crippen LogP contribution is 2.36. The summed E-state index contributed by atoms with van der Waals surface area (Å²) in [4.78, 5) is 19.9. The standard InChI is InChI=1S/C24H18F2N6O/c1-29-22-14-6-4-3-5-12(14)8-18(26)21(22)23(30-2)16(10-27)13-7-15-19(11-28)31-32-24(33)20(15)17(25)9-13/h3-10H,11,27-28H2,2H3,(H,32,33)/b16-10-,30-23?. The van der Waals surface area contributed by atoms with Crippen LogP contribution in [0.4, 0.5) is 14.5 Å². The Bertz CT molecular complexity index is 1580. The summed E-state index contributed by atoms with van der Waals surface area (Å²) < 4.78 is 30.3. The van der Waals surface area contributed by atoms with E-state index in [-0.39, 0.29) is 51.1 Å². The molecule has 0 radical (unpaired) electrons. The van der Waals surface area contributed by atoms with Gasteiger partial charge in [-0.1, -0.05) is 24.3 Å². The molecule has 5 N–H and O–H groups in total. The number of hydrogen-bond acceptors (Lipinski definition) is 5. The zero-order valence-corrected chi connectivity index (χ0v) is 17.5. The molecule has 0 unspecified atom stereocenters. The van der Waals surface area contributed by atoms with Crippen LogP contribution in [0.5, 0.6) is 0 Å². The Kier molecular flexibility index (Phi) is 5.69. The number of allylic oxidation sites excluding steroid dienone is 1. The number of hydrogen-bond donors (Lipinski definition) is 3. The minimum Gasteiger partial charge on any atom is -0.404 e. The molecular formula is C24H18F2N6O. The smallest absolute Gasteiger partial charge is 0.275 e. The molecule has 0 aliphatic carbocycles. The van der Waals surface area contributed by atoms with Gasteiger partial charge in [0.2, 0.25) is 5.69 Å². The van der Waals surface area contributed by atoms with Crippen LogP contribution in [0, 0.1) is 18.2 Å². The number of aliphatic imine (C=N–C) groups is 1. The van der Waals surface area contributed by atoms with Crippen molar-refractivity contribution < 1.29 is 8.78 Å². The molecule has 0 spiro atoms. The van der Waals surface area contributed by atoms with Crippen molar-refractivity contribution in [3.8, 4) is 0 Å². The van der Waals surface area contributed by atoms with E-state index in [0.717, 1.165) is 12.3 Å². The van der Waals surface area contributed by atoms with Crippen molar-refractivity contribution >= 4 is 38.5 Å². The minimum absolute atomic E-state index is 0.0479. The van der Waals surface area contributed by atoms with E-state index in [4.69, 9.17) is 18.0 Å². The van der Waals surface area contributed by atoms with Crippen molar-refractivity contribution in [2.45, 2.75) is 6.54 Å². The molecule has 0 aliphatic rings. The lowest BCUT2D eigenvalue weighted by Gasteiger charge is -2.16. The summed E-state index contributed by atoms with van der Waals surface area (Å²) in [6, 6.07) is 10.8. The summed E-state index contributed by atoms with van der Waals surface area (Å²) in [5.41, 5.74) is 11.7. The molecule has 4 rings (SSSR count). The first kappa shape index (κ1) is 21.8. The number of H-pyrrole nitrogens is 1. The molecule has 4 aromatic rings. The second kappa shape index (κ2) is 8.61. The molecule has 0 saturated heterocycles. The van der Waals surface area contributed by atoms with Gasteiger partial charge >= 0.3 is 0 Å². The van der Waals surface area contributed by atoms with Crippen LogP contribution in [0.15, 0.2) is 58.5 Å². The van der Waals surface area contributed by atoms with Crippen molar-refractivity contribution in [2.24, 2.45) is 16.5 Å². The molecule has 0 fully saturated rings. The first-order valence-corrected chi connectivity index (χ1v) is 9.84. The van der Waals surface area contributed by atoms with Gasteiger partial charge in [0.25, 0.3) is 5.56 Å². The van der Waals surface area contributed by atoms with E-state index in [2.05, 4.69) is 20.0 Å². The Morgan fingerprint density at radius 2 is 1.97 bits per heavy atom. The predicted octanol–water partition coefficient (Wildman–Crippen LogP) is 3.78. The Morgan fingerprint density at radius 1 is 1.21 bits per heavy atom. The third kappa shape index (κ3) is 3.52. The van der Waals surface area contributed by atoms with Gasteiger partial charge in [-0.3, -0.25) is 9.79 Å². The van der Waals surface area contributed by atoms with Crippen LogP contribution in [-0.2, 0) is 6.54 Å². The van der Waals surface area contributed by atoms with Crippen molar-refractivity contribution in [1.29, 1.82) is 0 Å². The first-order chi connectivity index (χ1) is 15.9. The Labute approximate surface area is 186 Å². The monoisotopic (exact) mass is 444 g/mol. The van der Waals surface area contributed by atoms with Gasteiger partial charge in [-0.15, -0.1) is 0 Å². The maximum absolute atomic E-state index is 15.3. The lowest BCUT2D eigenvalue weighted by molar-refractivity contribution is 0.628. The Morgan fingerprint density at radius 3 is 2.64 bits per heavy atom. The molecule has 0 bridgehead atoms. The van der Waals surface area contributed by atoms with E-state index in [1.54, 1.807) is 24.3 Å². The molecule has 1 aromatic heterocycles. The summed E-state index contributed by atoms with van der Waals surface area (Å²) in [5, 5.41) is 7.23. The van der Waals surface area contributed by atoms with Gasteiger partial charge in [-0.25, -0.2) is 18.7 Å². The molecule has 1 heterocycles. The molecule has 164 valence electrons. The number of nitrogens with two attached hydrogens (primary N) is 2. The Hall–Kier alpha value is -4.42. The molecule has 0 amide bonds. The number of aromatic amines is 1. The highest BCUT2D eigenvalue weighted by molar-refractivity contribution is 6.35. The highest BCUT2D eigenvalue weighted by atomic mass is 19.1. The van der Waals surface area contributed by atoms with Gasteiger partial charge in [-0.2, -0.15) is 5.10 Å². The Balaban J connectivity index is 2.01. The fourth-order valence-corrected chi connectivity index (χ4v) is 3.93. The molecule has 0 aliphatic heterocycles. The number of fused-ring (bicyclic) bond motifs is 2. The van der Waals surface area contributed by atoms with Gasteiger partial charge in [0.15, 0.2) is 0 Å². The first-order valence-electron chi connectivity index (χ1n) is 9.84. The molecule has 7 nitrogen and oxygen atoms in total. The summed E-state index contributed by atoms with van der Waals surface area (Å²) in [6.07, 6.45) is 1.16. The van der Waals surface area contributed by atoms with Gasteiger partial charge in [0.1, 0.15) is 11.6 Å². The quantitative estimate of drug-likeness (QED) is 0.328. The van der Waals surface area contributed by atoms with Crippen LogP contribution < -0.4 is 17.0 Å². The normalized spacial score (nSPS) is 12.3. The van der Waals surface area contributed by atoms with E-state index in [0.29, 0.717) is 10.8 Å². The molecular weight excluding hydrogens is 426 g/mol. The zero-order chi connectivity index (χ0) is 23.7. The summed E-state index contributed by atoms with van der Waals surface area (Å²) in [5.74, 6) is -1.48. The number of rotatable bonds is 4. The number of aromatic nitrogens is 2. The summed E-state index contributed by atoms with van der Waals surface area (Å²) >= 11 is 0. The largest absolute Gasteiger partial charge is 0.404 e. The second-order valence-corrected chi connectivity index (χ2v) is 7.15. The molecule has 3 aromatic carbocycles. The van der Waals surface area contributed by atoms with Crippen LogP contribution in [0.1, 0.15) is 16.8 Å². The maximum Gasteiger partial charge on any atom is 0.275 e. The van der Waals surface area contributed by atoms with Crippen LogP contribution >= 0.6 is 0 Å². The molecule has 9 heteroatoms. The van der Waals surface area contributed by atoms with Crippen molar-refractivity contribution in [3.63, 3.8) is 0 Å². The number of nitrogens with one attached hydrogen (secondary N) is 1. The molecule has 0 atom stereocenters. The molecule has 33 heavy (non-hydrogen) atoms. The average Bonchev–Trinajstić information content (AvgIpc) is 2.81. The van der Waals surface area contributed by atoms with Crippen molar-refractivity contribution in [3.05, 3.63) is 98.9 Å². The van der Waals surface area contributed by atoms with Gasteiger partial charge in [-0.05, 0) is 34.5 Å². The molecule has 0 saturated carbocycles. The van der Waals surface area contributed by atoms with E-state index < -0.39 is 17.2 Å². The summed E-state index contributed by atoms with van der Waals surface area (Å²) in [6.45, 7) is 7.64. The van der Waals surface area contributed by atoms with Gasteiger partial charge < -0.3 is 11.5 Å². The second-order valence-electron chi connectivity index (χ2n) is 7.15. The number of benzene rings is 3. The topological polar surface area (TPSA) is 115 Å². The third-order valence-corrected chi connectivity index (χ3v) is 5.39. The lowest BCUT2D eigenvalue weighted by Crippen LogP contribution is -2.16. The SMILES string of the molecule is [C-]#[N+]c1c(C(=NC)/C(=C\N)c2cc(F)c3c(=O)[nH]nc(CN)c3c2)c(F)cc2ccccc12. The zero-order valence-electron chi connectivity index (χ0n) is 17.5. The third-order valence-electron chi connectivity index (χ3n) is 5.39. The summed E-state index contributed by atoms with van der Waals surface area (Å²) in [7, 11) is 1.43. The fraction of sp³-hybridized carbons (Fsp3) is 0.0833.